The van der Waals surface area contributed by atoms with Gasteiger partial charge in [-0.25, -0.2) is 4.98 Å². The van der Waals surface area contributed by atoms with E-state index in [1.54, 1.807) is 18.2 Å². The monoisotopic (exact) mass is 559 g/mol. The predicted molar refractivity (Wildman–Crippen MR) is 144 cm³/mol. The Hall–Kier alpha value is -2.65. The highest BCUT2D eigenvalue weighted by molar-refractivity contribution is 6.76. The van der Waals surface area contributed by atoms with Crippen LogP contribution >= 0.6 is 34.8 Å². The van der Waals surface area contributed by atoms with Crippen LogP contribution in [0.5, 0.6) is 0 Å². The minimum Gasteiger partial charge on any atom is -0.392 e. The number of nitrogens with one attached hydrogen (secondary N) is 1. The molecule has 37 heavy (non-hydrogen) atoms. The Morgan fingerprint density at radius 3 is 2.57 bits per heavy atom. The van der Waals surface area contributed by atoms with Crippen LogP contribution in [0.25, 0.3) is 11.0 Å². The molecule has 1 saturated heterocycles. The number of nitrogens with zero attached hydrogens (tertiary/aromatic N) is 2. The third kappa shape index (κ3) is 6.09. The van der Waals surface area contributed by atoms with Gasteiger partial charge in [-0.2, -0.15) is 0 Å². The van der Waals surface area contributed by atoms with Crippen molar-refractivity contribution < 1.29 is 19.4 Å². The highest BCUT2D eigenvalue weighted by Gasteiger charge is 2.34. The molecule has 0 bridgehead atoms. The highest BCUT2D eigenvalue weighted by atomic mass is 35.6. The molecule has 4 aromatic rings. The van der Waals surface area contributed by atoms with Gasteiger partial charge in [0.05, 0.1) is 42.7 Å². The van der Waals surface area contributed by atoms with Crippen molar-refractivity contribution in [3.63, 3.8) is 0 Å². The summed E-state index contributed by atoms with van der Waals surface area (Å²) in [5.41, 5.74) is 4.90. The maximum atomic E-state index is 12.2. The zero-order valence-corrected chi connectivity index (χ0v) is 21.8. The minimum absolute atomic E-state index is 0.0272. The van der Waals surface area contributed by atoms with Gasteiger partial charge < -0.3 is 24.5 Å². The number of hydrogen-bond acceptors (Lipinski definition) is 5. The summed E-state index contributed by atoms with van der Waals surface area (Å²) in [5.74, 6) is -0.758. The van der Waals surface area contributed by atoms with Gasteiger partial charge in [0.15, 0.2) is 6.29 Å². The summed E-state index contributed by atoms with van der Waals surface area (Å²) in [6.07, 6.45) is 1.27. The van der Waals surface area contributed by atoms with Crippen LogP contribution in [-0.4, -0.2) is 30.5 Å². The van der Waals surface area contributed by atoms with Gasteiger partial charge in [-0.1, -0.05) is 83.3 Å². The Balaban J connectivity index is 1.42. The largest absolute Gasteiger partial charge is 0.392 e. The zero-order chi connectivity index (χ0) is 26.0. The van der Waals surface area contributed by atoms with Gasteiger partial charge in [-0.3, -0.25) is 4.79 Å². The Morgan fingerprint density at radius 2 is 1.81 bits per heavy atom. The lowest BCUT2D eigenvalue weighted by molar-refractivity contribution is -0.252. The summed E-state index contributed by atoms with van der Waals surface area (Å²) in [5, 5.41) is 12.0. The predicted octanol–water partition coefficient (Wildman–Crippen LogP) is 6.08. The summed E-state index contributed by atoms with van der Waals surface area (Å²) in [7, 11) is 0. The first-order chi connectivity index (χ1) is 17.8. The van der Waals surface area contributed by atoms with E-state index in [0.29, 0.717) is 24.2 Å². The fourth-order valence-corrected chi connectivity index (χ4v) is 4.51. The lowest BCUT2D eigenvalue weighted by Crippen LogP contribution is -2.32. The molecule has 2 heterocycles. The minimum atomic E-state index is -2.08. The molecule has 192 valence electrons. The lowest BCUT2D eigenvalue weighted by atomic mass is 10.00. The molecule has 0 saturated carbocycles. The molecule has 3 aromatic carbocycles. The first-order valence-corrected chi connectivity index (χ1v) is 12.8. The maximum Gasteiger partial charge on any atom is 0.276 e. The highest BCUT2D eigenvalue weighted by Crippen LogP contribution is 2.39. The number of aliphatic hydroxyl groups excluding tert-OH is 1. The van der Waals surface area contributed by atoms with Gasteiger partial charge >= 0.3 is 0 Å². The standard InChI is InChI=1S/C27H24Cl3N3O4/c28-27(29,30)26(35)32-20-5-3-4-19(12-20)25-36-21(14-33-16-31-22-6-1-2-7-23(22)33)13-24(37-25)18-10-8-17(15-34)9-11-18/h1-12,16,21,24-25,34H,13-15H2,(H,32,35)/t21-,24+,25+/m0/s1. The number of amides is 1. The van der Waals surface area contributed by atoms with Crippen LogP contribution in [0.3, 0.4) is 0 Å². The van der Waals surface area contributed by atoms with E-state index >= 15 is 0 Å². The van der Waals surface area contributed by atoms with Crippen LogP contribution in [0.4, 0.5) is 5.69 Å². The number of para-hydroxylation sites is 2. The Morgan fingerprint density at radius 1 is 1.03 bits per heavy atom. The number of ether oxygens (including phenoxy) is 2. The first kappa shape index (κ1) is 26.0. The number of carbonyl (C=O) groups excluding carboxylic acids is 1. The van der Waals surface area contributed by atoms with Gasteiger partial charge in [0.25, 0.3) is 9.70 Å². The summed E-state index contributed by atoms with van der Waals surface area (Å²) in [6, 6.07) is 22.7. The number of rotatable bonds is 6. The summed E-state index contributed by atoms with van der Waals surface area (Å²) < 4.78 is 12.8. The van der Waals surface area contributed by atoms with E-state index in [1.807, 2.05) is 60.9 Å². The fourth-order valence-electron chi connectivity index (χ4n) is 4.37. The number of benzene rings is 3. The number of imidazole rings is 1. The molecule has 5 rings (SSSR count). The average molecular weight is 561 g/mol. The zero-order valence-electron chi connectivity index (χ0n) is 19.6. The van der Waals surface area contributed by atoms with Crippen LogP contribution in [0.15, 0.2) is 79.1 Å². The number of hydrogen-bond donors (Lipinski definition) is 2. The third-order valence-corrected chi connectivity index (χ3v) is 6.73. The fraction of sp³-hybridized carbons (Fsp3) is 0.259. The van der Waals surface area contributed by atoms with E-state index in [0.717, 1.165) is 22.2 Å². The number of alkyl halides is 3. The van der Waals surface area contributed by atoms with E-state index in [9.17, 15) is 9.90 Å². The van der Waals surface area contributed by atoms with Gasteiger partial charge in [-0.05, 0) is 35.4 Å². The Labute approximate surface area is 228 Å². The second kappa shape index (κ2) is 11.0. The summed E-state index contributed by atoms with van der Waals surface area (Å²) in [6.45, 7) is 0.551. The second-order valence-corrected chi connectivity index (χ2v) is 11.1. The number of fused-ring (bicyclic) bond motifs is 1. The SMILES string of the molecule is O=C(Nc1cccc([C@@H]2O[C@H](Cn3cnc4ccccc43)C[C@H](c3ccc(CO)cc3)O2)c1)C(Cl)(Cl)Cl. The number of carbonyl (C=O) groups is 1. The summed E-state index contributed by atoms with van der Waals surface area (Å²) in [4.78, 5) is 16.6. The van der Waals surface area contributed by atoms with E-state index in [-0.39, 0.29) is 18.8 Å². The summed E-state index contributed by atoms with van der Waals surface area (Å²) >= 11 is 17.1. The van der Waals surface area contributed by atoms with Gasteiger partial charge in [0.1, 0.15) is 0 Å². The van der Waals surface area contributed by atoms with Crippen molar-refractivity contribution in [2.24, 2.45) is 0 Å². The third-order valence-electron chi connectivity index (χ3n) is 6.22. The molecule has 1 aromatic heterocycles. The molecule has 1 aliphatic rings. The molecule has 7 nitrogen and oxygen atoms in total. The Kier molecular flexibility index (Phi) is 7.72. The first-order valence-electron chi connectivity index (χ1n) is 11.7. The van der Waals surface area contributed by atoms with Crippen molar-refractivity contribution in [2.45, 2.75) is 41.9 Å². The second-order valence-electron chi connectivity index (χ2n) is 8.81. The van der Waals surface area contributed by atoms with Crippen LogP contribution in [0.1, 0.15) is 35.5 Å². The Bertz CT molecular complexity index is 1390. The number of aromatic nitrogens is 2. The molecular weight excluding hydrogens is 537 g/mol. The van der Waals surface area contributed by atoms with Crippen molar-refractivity contribution in [1.82, 2.24) is 9.55 Å². The van der Waals surface area contributed by atoms with Crippen molar-refractivity contribution in [3.05, 3.63) is 95.8 Å². The molecule has 0 radical (unpaired) electrons. The average Bonchev–Trinajstić information content (AvgIpc) is 3.31. The number of anilines is 1. The van der Waals surface area contributed by atoms with E-state index in [4.69, 9.17) is 44.3 Å². The lowest BCUT2D eigenvalue weighted by Gasteiger charge is -2.36. The molecule has 0 unspecified atom stereocenters. The van der Waals surface area contributed by atoms with Crippen molar-refractivity contribution in [3.8, 4) is 0 Å². The molecule has 0 spiro atoms. The van der Waals surface area contributed by atoms with Gasteiger partial charge in [0, 0.05) is 17.7 Å². The van der Waals surface area contributed by atoms with Crippen LogP contribution in [0.2, 0.25) is 0 Å². The smallest absolute Gasteiger partial charge is 0.276 e. The van der Waals surface area contributed by atoms with Crippen molar-refractivity contribution >= 4 is 57.4 Å². The molecule has 1 amide bonds. The van der Waals surface area contributed by atoms with Crippen LogP contribution < -0.4 is 5.32 Å². The topological polar surface area (TPSA) is 85.6 Å². The molecule has 3 atom stereocenters. The maximum absolute atomic E-state index is 12.2. The molecule has 0 aliphatic carbocycles. The van der Waals surface area contributed by atoms with Crippen molar-refractivity contribution in [2.75, 3.05) is 5.32 Å². The molecule has 1 aliphatic heterocycles. The quantitative estimate of drug-likeness (QED) is 0.279. The van der Waals surface area contributed by atoms with Crippen LogP contribution in [0, 0.1) is 0 Å². The van der Waals surface area contributed by atoms with E-state index in [1.165, 1.54) is 0 Å². The van der Waals surface area contributed by atoms with Gasteiger partial charge in [-0.15, -0.1) is 0 Å². The number of aliphatic hydroxyl groups is 1. The molecule has 2 N–H and O–H groups in total. The van der Waals surface area contributed by atoms with E-state index in [2.05, 4.69) is 14.9 Å². The van der Waals surface area contributed by atoms with Gasteiger partial charge in [0.2, 0.25) is 0 Å². The molecule has 1 fully saturated rings. The van der Waals surface area contributed by atoms with Crippen molar-refractivity contribution in [1.29, 1.82) is 0 Å². The number of halogens is 3. The van der Waals surface area contributed by atoms with Crippen LogP contribution in [-0.2, 0) is 27.4 Å². The van der Waals surface area contributed by atoms with E-state index < -0.39 is 16.0 Å². The molecule has 10 heteroatoms. The normalized spacial score (nSPS) is 20.2. The molecular formula is C27H24Cl3N3O4.